The van der Waals surface area contributed by atoms with Crippen molar-refractivity contribution < 1.29 is 18.5 Å². The van der Waals surface area contributed by atoms with Crippen molar-refractivity contribution in [3.8, 4) is 5.69 Å². The number of anilines is 1. The van der Waals surface area contributed by atoms with Crippen LogP contribution in [0.4, 0.5) is 20.2 Å². The second kappa shape index (κ2) is 8.36. The summed E-state index contributed by atoms with van der Waals surface area (Å²) in [4.78, 5) is 22.7. The van der Waals surface area contributed by atoms with E-state index in [1.165, 1.54) is 59.5 Å². The van der Waals surface area contributed by atoms with Crippen LogP contribution in [0.25, 0.3) is 5.69 Å². The van der Waals surface area contributed by atoms with E-state index in [-0.39, 0.29) is 38.6 Å². The van der Waals surface area contributed by atoms with Gasteiger partial charge in [-0.25, -0.2) is 4.68 Å². The van der Waals surface area contributed by atoms with Crippen molar-refractivity contribution in [1.29, 1.82) is 0 Å². The topological polar surface area (TPSA) is 90.1 Å². The average molecular weight is 425 g/mol. The van der Waals surface area contributed by atoms with Crippen molar-refractivity contribution in [2.75, 3.05) is 5.32 Å². The van der Waals surface area contributed by atoms with Gasteiger partial charge in [-0.05, 0) is 24.3 Å². The number of halogens is 3. The highest BCUT2D eigenvalue weighted by molar-refractivity contribution is 7.99. The van der Waals surface area contributed by atoms with Gasteiger partial charge in [-0.2, -0.15) is 13.9 Å². The number of non-ortho nitro benzene ring substituents is 1. The van der Waals surface area contributed by atoms with Crippen LogP contribution in [0.5, 0.6) is 0 Å². The van der Waals surface area contributed by atoms with Crippen LogP contribution < -0.4 is 5.32 Å². The third-order valence-electron chi connectivity index (χ3n) is 3.59. The van der Waals surface area contributed by atoms with Crippen LogP contribution >= 0.6 is 23.4 Å². The minimum atomic E-state index is -2.69. The molecule has 0 radical (unpaired) electrons. The van der Waals surface area contributed by atoms with E-state index >= 15 is 0 Å². The Balaban J connectivity index is 1.80. The minimum absolute atomic E-state index is 0.0651. The number of nitrogens with zero attached hydrogens (tertiary/aromatic N) is 3. The monoisotopic (exact) mass is 424 g/mol. The molecule has 1 amide bonds. The number of aromatic nitrogens is 2. The van der Waals surface area contributed by atoms with Crippen LogP contribution in [-0.4, -0.2) is 26.4 Å². The Labute approximate surface area is 166 Å². The summed E-state index contributed by atoms with van der Waals surface area (Å²) in [6.07, 6.45) is 2.71. The Hall–Kier alpha value is -2.98. The molecule has 2 aromatic carbocycles. The van der Waals surface area contributed by atoms with Crippen molar-refractivity contribution in [2.24, 2.45) is 0 Å². The number of carbonyl (C=O) groups is 1. The normalized spacial score (nSPS) is 10.9. The summed E-state index contributed by atoms with van der Waals surface area (Å²) in [6, 6.07) is 10.1. The Bertz CT molecular complexity index is 1030. The zero-order valence-corrected chi connectivity index (χ0v) is 15.5. The van der Waals surface area contributed by atoms with Gasteiger partial charge < -0.3 is 5.32 Å². The molecule has 0 spiro atoms. The molecule has 0 aliphatic carbocycles. The first-order chi connectivity index (χ1) is 13.3. The number of alkyl halides is 2. The molecule has 0 aliphatic rings. The summed E-state index contributed by atoms with van der Waals surface area (Å²) >= 11 is 6.19. The second-order valence-electron chi connectivity index (χ2n) is 5.40. The molecule has 3 rings (SSSR count). The highest BCUT2D eigenvalue weighted by Gasteiger charge is 2.17. The lowest BCUT2D eigenvalue weighted by Crippen LogP contribution is -2.12. The van der Waals surface area contributed by atoms with E-state index < -0.39 is 16.6 Å². The number of rotatable bonds is 6. The van der Waals surface area contributed by atoms with E-state index in [2.05, 4.69) is 10.4 Å². The highest BCUT2D eigenvalue weighted by atomic mass is 35.5. The molecule has 11 heteroatoms. The fourth-order valence-electron chi connectivity index (χ4n) is 2.32. The Morgan fingerprint density at radius 3 is 2.61 bits per heavy atom. The van der Waals surface area contributed by atoms with Gasteiger partial charge in [0, 0.05) is 18.3 Å². The summed E-state index contributed by atoms with van der Waals surface area (Å²) in [5.74, 6) is -3.26. The first-order valence-electron chi connectivity index (χ1n) is 7.69. The molecule has 28 heavy (non-hydrogen) atoms. The molecular weight excluding hydrogens is 414 g/mol. The minimum Gasteiger partial charge on any atom is -0.321 e. The zero-order valence-electron chi connectivity index (χ0n) is 13.9. The molecule has 0 atom stereocenters. The molecular formula is C17H11ClF2N4O3S. The molecule has 0 unspecified atom stereocenters. The van der Waals surface area contributed by atoms with Gasteiger partial charge in [0.05, 0.1) is 38.0 Å². The number of hydrogen-bond acceptors (Lipinski definition) is 5. The maximum Gasteiger partial charge on any atom is 0.289 e. The highest BCUT2D eigenvalue weighted by Crippen LogP contribution is 2.37. The SMILES string of the molecule is O=C(Nc1cccc(Cl)c1SC(F)F)c1cnn(-c2ccc([N+](=O)[O-])cc2)c1. The number of amides is 1. The standard InChI is InChI=1S/C17H11ClF2N4O3S/c18-13-2-1-3-14(15(13)28-17(19)20)22-16(25)10-8-21-23(9-10)11-4-6-12(7-5-11)24(26)27/h1-9,17H,(H,22,25). The molecule has 0 aliphatic heterocycles. The molecule has 0 saturated carbocycles. The summed E-state index contributed by atoms with van der Waals surface area (Å²) in [5, 5.41) is 17.4. The maximum atomic E-state index is 12.7. The molecule has 144 valence electrons. The lowest BCUT2D eigenvalue weighted by molar-refractivity contribution is -0.384. The molecule has 3 aromatic rings. The van der Waals surface area contributed by atoms with E-state index in [0.29, 0.717) is 5.69 Å². The van der Waals surface area contributed by atoms with Gasteiger partial charge in [-0.15, -0.1) is 0 Å². The van der Waals surface area contributed by atoms with Crippen molar-refractivity contribution in [2.45, 2.75) is 10.7 Å². The van der Waals surface area contributed by atoms with E-state index in [1.54, 1.807) is 0 Å². The van der Waals surface area contributed by atoms with Crippen molar-refractivity contribution in [3.05, 3.63) is 75.6 Å². The molecule has 1 heterocycles. The van der Waals surface area contributed by atoms with Gasteiger partial charge in [-0.3, -0.25) is 14.9 Å². The summed E-state index contributed by atoms with van der Waals surface area (Å²) in [6.45, 7) is 0. The molecule has 7 nitrogen and oxygen atoms in total. The third-order valence-corrected chi connectivity index (χ3v) is 4.87. The summed E-state index contributed by atoms with van der Waals surface area (Å²) in [7, 11) is 0. The van der Waals surface area contributed by atoms with Gasteiger partial charge in [0.2, 0.25) is 0 Å². The Morgan fingerprint density at radius 1 is 1.25 bits per heavy atom. The summed E-state index contributed by atoms with van der Waals surface area (Å²) < 4.78 is 26.9. The first-order valence-corrected chi connectivity index (χ1v) is 8.95. The van der Waals surface area contributed by atoms with Gasteiger partial charge in [0.1, 0.15) is 0 Å². The van der Waals surface area contributed by atoms with Crippen molar-refractivity contribution in [3.63, 3.8) is 0 Å². The quantitative estimate of drug-likeness (QED) is 0.341. The Kier molecular flexibility index (Phi) is 5.90. The van der Waals surface area contributed by atoms with Gasteiger partial charge in [0.25, 0.3) is 17.4 Å². The molecule has 0 saturated heterocycles. The van der Waals surface area contributed by atoms with Crippen LogP contribution in [0, 0.1) is 10.1 Å². The second-order valence-corrected chi connectivity index (χ2v) is 6.80. The van der Waals surface area contributed by atoms with E-state index in [0.717, 1.165) is 0 Å². The number of benzene rings is 2. The smallest absolute Gasteiger partial charge is 0.289 e. The predicted molar refractivity (Wildman–Crippen MR) is 101 cm³/mol. The van der Waals surface area contributed by atoms with E-state index in [4.69, 9.17) is 11.6 Å². The van der Waals surface area contributed by atoms with E-state index in [1.807, 2.05) is 0 Å². The molecule has 1 N–H and O–H groups in total. The van der Waals surface area contributed by atoms with Gasteiger partial charge in [-0.1, -0.05) is 29.4 Å². The Morgan fingerprint density at radius 2 is 1.96 bits per heavy atom. The first kappa shape index (κ1) is 19.8. The van der Waals surface area contributed by atoms with Crippen molar-refractivity contribution >= 4 is 40.6 Å². The maximum absolute atomic E-state index is 12.7. The van der Waals surface area contributed by atoms with Gasteiger partial charge in [0.15, 0.2) is 0 Å². The van der Waals surface area contributed by atoms with Crippen LogP contribution in [0.2, 0.25) is 5.02 Å². The van der Waals surface area contributed by atoms with Crippen LogP contribution in [-0.2, 0) is 0 Å². The fraction of sp³-hybridized carbons (Fsp3) is 0.0588. The number of carbonyl (C=O) groups excluding carboxylic acids is 1. The molecule has 0 fully saturated rings. The predicted octanol–water partition coefficient (Wildman–Crippen LogP) is 5.00. The fourth-order valence-corrected chi connectivity index (χ4v) is 3.23. The average Bonchev–Trinajstić information content (AvgIpc) is 3.14. The van der Waals surface area contributed by atoms with Crippen LogP contribution in [0.1, 0.15) is 10.4 Å². The lowest BCUT2D eigenvalue weighted by atomic mass is 10.2. The number of thioether (sulfide) groups is 1. The number of nitrogens with one attached hydrogen (secondary N) is 1. The van der Waals surface area contributed by atoms with Crippen LogP contribution in [0.15, 0.2) is 59.8 Å². The zero-order chi connectivity index (χ0) is 20.3. The van der Waals surface area contributed by atoms with Crippen molar-refractivity contribution in [1.82, 2.24) is 9.78 Å². The lowest BCUT2D eigenvalue weighted by Gasteiger charge is -2.11. The largest absolute Gasteiger partial charge is 0.321 e. The number of nitro groups is 1. The summed E-state index contributed by atoms with van der Waals surface area (Å²) in [5.41, 5.74) is 0.775. The van der Waals surface area contributed by atoms with Gasteiger partial charge >= 0.3 is 0 Å². The van der Waals surface area contributed by atoms with Crippen LogP contribution in [0.3, 0.4) is 0 Å². The number of nitro benzene ring substituents is 1. The molecule has 0 bridgehead atoms. The third kappa shape index (κ3) is 4.46. The molecule has 1 aromatic heterocycles. The number of hydrogen-bond donors (Lipinski definition) is 1. The van der Waals surface area contributed by atoms with E-state index in [9.17, 15) is 23.7 Å².